The first kappa shape index (κ1) is 12.3. The van der Waals surface area contributed by atoms with Gasteiger partial charge in [0, 0.05) is 23.6 Å². The number of anilines is 1. The van der Waals surface area contributed by atoms with Gasteiger partial charge in [0.1, 0.15) is 0 Å². The summed E-state index contributed by atoms with van der Waals surface area (Å²) in [6.07, 6.45) is 1.56. The Kier molecular flexibility index (Phi) is 3.37. The second-order valence-electron chi connectivity index (χ2n) is 3.24. The van der Waals surface area contributed by atoms with Crippen LogP contribution in [-0.4, -0.2) is 20.4 Å². The van der Waals surface area contributed by atoms with Crippen LogP contribution in [0, 0.1) is 0 Å². The zero-order valence-corrected chi connectivity index (χ0v) is 11.3. The second-order valence-corrected chi connectivity index (χ2v) is 6.52. The molecule has 0 aliphatic rings. The molecule has 0 fully saturated rings. The van der Waals surface area contributed by atoms with E-state index in [0.29, 0.717) is 10.2 Å². The Labute approximate surface area is 109 Å². The van der Waals surface area contributed by atoms with Crippen LogP contribution in [0.2, 0.25) is 5.02 Å². The van der Waals surface area contributed by atoms with E-state index in [1.165, 1.54) is 30.5 Å². The summed E-state index contributed by atoms with van der Waals surface area (Å²) >= 11 is 6.99. The molecule has 0 unspecified atom stereocenters. The van der Waals surface area contributed by atoms with Crippen molar-refractivity contribution in [3.63, 3.8) is 0 Å². The van der Waals surface area contributed by atoms with Crippen LogP contribution in [0.4, 0.5) is 5.13 Å². The van der Waals surface area contributed by atoms with Crippen LogP contribution >= 0.6 is 22.9 Å². The molecule has 0 atom stereocenters. The molecule has 4 nitrogen and oxygen atoms in total. The Morgan fingerprint density at radius 3 is 2.47 bits per heavy atom. The van der Waals surface area contributed by atoms with Crippen molar-refractivity contribution in [2.24, 2.45) is 0 Å². The fraction of sp³-hybridized carbons (Fsp3) is 0.100. The van der Waals surface area contributed by atoms with E-state index in [4.69, 9.17) is 11.6 Å². The van der Waals surface area contributed by atoms with Gasteiger partial charge in [-0.15, -0.1) is 11.3 Å². The Bertz CT molecular complexity index is 594. The minimum atomic E-state index is -3.56. The molecule has 0 N–H and O–H groups in total. The maximum atomic E-state index is 12.2. The number of halogens is 1. The van der Waals surface area contributed by atoms with Crippen LogP contribution < -0.4 is 4.31 Å². The molecular formula is C10H9ClN2O2S2. The van der Waals surface area contributed by atoms with Gasteiger partial charge in [-0.2, -0.15) is 0 Å². The van der Waals surface area contributed by atoms with Crippen LogP contribution in [0.1, 0.15) is 0 Å². The standard InChI is InChI=1S/C10H9ClN2O2S2/c1-13(10-12-6-7-16-10)17(14,15)9-4-2-8(11)3-5-9/h2-7H,1H3. The molecule has 2 rings (SSSR count). The maximum absolute atomic E-state index is 12.2. The minimum Gasteiger partial charge on any atom is -0.244 e. The van der Waals surface area contributed by atoms with Crippen molar-refractivity contribution < 1.29 is 8.42 Å². The van der Waals surface area contributed by atoms with Crippen molar-refractivity contribution >= 4 is 38.1 Å². The molecular weight excluding hydrogens is 280 g/mol. The Hall–Kier alpha value is -1.11. The van der Waals surface area contributed by atoms with Crippen molar-refractivity contribution in [1.29, 1.82) is 0 Å². The number of hydrogen-bond acceptors (Lipinski definition) is 4. The van der Waals surface area contributed by atoms with E-state index in [9.17, 15) is 8.42 Å². The third kappa shape index (κ3) is 2.43. The number of hydrogen-bond donors (Lipinski definition) is 0. The molecule has 0 aliphatic carbocycles. The molecule has 90 valence electrons. The molecule has 1 heterocycles. The molecule has 1 aromatic carbocycles. The Balaban J connectivity index is 2.40. The van der Waals surface area contributed by atoms with Crippen molar-refractivity contribution in [3.05, 3.63) is 40.9 Å². The third-order valence-corrected chi connectivity index (χ3v) is 5.14. The van der Waals surface area contributed by atoms with Crippen molar-refractivity contribution in [2.45, 2.75) is 4.90 Å². The largest absolute Gasteiger partial charge is 0.265 e. The van der Waals surface area contributed by atoms with Gasteiger partial charge < -0.3 is 0 Å². The van der Waals surface area contributed by atoms with Crippen LogP contribution in [0.15, 0.2) is 40.7 Å². The van der Waals surface area contributed by atoms with E-state index in [2.05, 4.69) is 4.98 Å². The minimum absolute atomic E-state index is 0.194. The Morgan fingerprint density at radius 1 is 1.29 bits per heavy atom. The second kappa shape index (κ2) is 4.64. The topological polar surface area (TPSA) is 50.3 Å². The zero-order valence-electron chi connectivity index (χ0n) is 8.87. The quantitative estimate of drug-likeness (QED) is 0.872. The summed E-state index contributed by atoms with van der Waals surface area (Å²) in [6.45, 7) is 0. The fourth-order valence-corrected chi connectivity index (χ4v) is 3.35. The molecule has 0 amide bonds. The number of thiazole rings is 1. The summed E-state index contributed by atoms with van der Waals surface area (Å²) < 4.78 is 25.5. The lowest BCUT2D eigenvalue weighted by Gasteiger charge is -2.16. The van der Waals surface area contributed by atoms with Gasteiger partial charge in [-0.3, -0.25) is 0 Å². The smallest absolute Gasteiger partial charge is 0.244 e. The lowest BCUT2D eigenvalue weighted by atomic mass is 10.4. The number of aromatic nitrogens is 1. The molecule has 0 saturated heterocycles. The van der Waals surface area contributed by atoms with Crippen LogP contribution in [-0.2, 0) is 10.0 Å². The highest BCUT2D eigenvalue weighted by molar-refractivity contribution is 7.93. The predicted octanol–water partition coefficient (Wildman–Crippen LogP) is 2.62. The SMILES string of the molecule is CN(c1nccs1)S(=O)(=O)c1ccc(Cl)cc1. The molecule has 0 saturated carbocycles. The average molecular weight is 289 g/mol. The van der Waals surface area contributed by atoms with Crippen LogP contribution in [0.5, 0.6) is 0 Å². The average Bonchev–Trinajstić information content (AvgIpc) is 2.82. The van der Waals surface area contributed by atoms with E-state index in [1.54, 1.807) is 23.7 Å². The summed E-state index contributed by atoms with van der Waals surface area (Å²) in [7, 11) is -2.08. The van der Waals surface area contributed by atoms with Gasteiger partial charge in [0.25, 0.3) is 10.0 Å². The molecule has 0 spiro atoms. The van der Waals surface area contributed by atoms with Crippen molar-refractivity contribution in [1.82, 2.24) is 4.98 Å². The fourth-order valence-electron chi connectivity index (χ4n) is 1.24. The van der Waals surface area contributed by atoms with Gasteiger partial charge >= 0.3 is 0 Å². The molecule has 2 aromatic rings. The van der Waals surface area contributed by atoms with E-state index in [-0.39, 0.29) is 4.90 Å². The summed E-state index contributed by atoms with van der Waals surface area (Å²) in [5.74, 6) is 0. The molecule has 7 heteroatoms. The van der Waals surface area contributed by atoms with Crippen molar-refractivity contribution in [3.8, 4) is 0 Å². The van der Waals surface area contributed by atoms with E-state index in [0.717, 1.165) is 4.31 Å². The summed E-state index contributed by atoms with van der Waals surface area (Å²) in [6, 6.07) is 6.04. The van der Waals surface area contributed by atoms with Gasteiger partial charge in [-0.1, -0.05) is 11.6 Å². The Morgan fingerprint density at radius 2 is 1.94 bits per heavy atom. The lowest BCUT2D eigenvalue weighted by molar-refractivity contribution is 0.594. The monoisotopic (exact) mass is 288 g/mol. The third-order valence-electron chi connectivity index (χ3n) is 2.16. The number of nitrogens with zero attached hydrogens (tertiary/aromatic N) is 2. The number of sulfonamides is 1. The molecule has 0 aliphatic heterocycles. The van der Waals surface area contributed by atoms with Gasteiger partial charge in [0.15, 0.2) is 5.13 Å². The number of rotatable bonds is 3. The molecule has 17 heavy (non-hydrogen) atoms. The lowest BCUT2D eigenvalue weighted by Crippen LogP contribution is -2.26. The highest BCUT2D eigenvalue weighted by atomic mass is 35.5. The van der Waals surface area contributed by atoms with E-state index >= 15 is 0 Å². The van der Waals surface area contributed by atoms with E-state index in [1.807, 2.05) is 0 Å². The molecule has 1 aromatic heterocycles. The number of benzene rings is 1. The predicted molar refractivity (Wildman–Crippen MR) is 69.2 cm³/mol. The first-order valence-electron chi connectivity index (χ1n) is 4.66. The van der Waals surface area contributed by atoms with Crippen molar-refractivity contribution in [2.75, 3.05) is 11.4 Å². The van der Waals surface area contributed by atoms with Gasteiger partial charge in [-0.25, -0.2) is 17.7 Å². The first-order valence-corrected chi connectivity index (χ1v) is 7.35. The van der Waals surface area contributed by atoms with Gasteiger partial charge in [-0.05, 0) is 24.3 Å². The molecule has 0 bridgehead atoms. The van der Waals surface area contributed by atoms with Crippen LogP contribution in [0.25, 0.3) is 0 Å². The van der Waals surface area contributed by atoms with Gasteiger partial charge in [0.2, 0.25) is 0 Å². The summed E-state index contributed by atoms with van der Waals surface area (Å²) in [5, 5.41) is 2.66. The van der Waals surface area contributed by atoms with E-state index < -0.39 is 10.0 Å². The first-order chi connectivity index (χ1) is 8.01. The highest BCUT2D eigenvalue weighted by Gasteiger charge is 2.22. The zero-order chi connectivity index (χ0) is 12.5. The highest BCUT2D eigenvalue weighted by Crippen LogP contribution is 2.24. The maximum Gasteiger partial charge on any atom is 0.265 e. The van der Waals surface area contributed by atoms with Crippen LogP contribution in [0.3, 0.4) is 0 Å². The summed E-state index contributed by atoms with van der Waals surface area (Å²) in [4.78, 5) is 4.16. The summed E-state index contributed by atoms with van der Waals surface area (Å²) in [5.41, 5.74) is 0. The normalized spacial score (nSPS) is 11.4. The molecule has 0 radical (unpaired) electrons. The van der Waals surface area contributed by atoms with Gasteiger partial charge in [0.05, 0.1) is 4.90 Å².